The first kappa shape index (κ1) is 17.4. The molecule has 2 aromatic carbocycles. The first-order valence-electron chi connectivity index (χ1n) is 8.90. The molecule has 27 heavy (non-hydrogen) atoms. The standard InChI is InChI=1S/C23H21NO3/c1-13-17-11-18-20(16-9-7-6-8-10-16)14(2)23(25)27-22(18)15(3)21(17)26-19(13)12-24(4)5/h7,9-11H,12H2,1-5H3. The van der Waals surface area contributed by atoms with Crippen LogP contribution in [0.3, 0.4) is 0 Å². The Morgan fingerprint density at radius 2 is 1.70 bits per heavy atom. The number of nitrogens with zero attached hydrogens (tertiary/aromatic N) is 1. The zero-order valence-corrected chi connectivity index (χ0v) is 16.2. The molecule has 0 saturated carbocycles. The number of benzene rings is 1. The minimum absolute atomic E-state index is 0.329. The molecule has 0 spiro atoms. The number of aryl methyl sites for hydroxylation is 2. The third-order valence-electron chi connectivity index (χ3n) is 5.06. The van der Waals surface area contributed by atoms with Crippen molar-refractivity contribution >= 4 is 21.9 Å². The van der Waals surface area contributed by atoms with E-state index in [-0.39, 0.29) is 5.63 Å². The first-order valence-corrected chi connectivity index (χ1v) is 8.90. The van der Waals surface area contributed by atoms with Crippen LogP contribution in [0.15, 0.2) is 37.9 Å². The summed E-state index contributed by atoms with van der Waals surface area (Å²) < 4.78 is 11.8. The molecule has 0 saturated heterocycles. The summed E-state index contributed by atoms with van der Waals surface area (Å²) in [5.41, 5.74) is 5.39. The normalized spacial score (nSPS) is 11.5. The van der Waals surface area contributed by atoms with Crippen molar-refractivity contribution < 1.29 is 8.83 Å². The van der Waals surface area contributed by atoms with Gasteiger partial charge >= 0.3 is 5.63 Å². The van der Waals surface area contributed by atoms with Crippen LogP contribution in [0, 0.1) is 32.9 Å². The van der Waals surface area contributed by atoms with Gasteiger partial charge < -0.3 is 13.7 Å². The van der Waals surface area contributed by atoms with Gasteiger partial charge in [-0.3, -0.25) is 0 Å². The molecule has 0 aliphatic heterocycles. The Morgan fingerprint density at radius 3 is 2.37 bits per heavy atom. The maximum atomic E-state index is 12.5. The summed E-state index contributed by atoms with van der Waals surface area (Å²) in [5.74, 6) is 0.927. The van der Waals surface area contributed by atoms with E-state index in [1.54, 1.807) is 13.0 Å². The smallest absolute Gasteiger partial charge is 0.339 e. The highest BCUT2D eigenvalue weighted by Crippen LogP contribution is 2.38. The molecule has 0 aliphatic rings. The highest BCUT2D eigenvalue weighted by Gasteiger charge is 2.20. The van der Waals surface area contributed by atoms with Crippen LogP contribution in [0.1, 0.15) is 22.5 Å². The van der Waals surface area contributed by atoms with E-state index < -0.39 is 0 Å². The van der Waals surface area contributed by atoms with Crippen LogP contribution in [0.4, 0.5) is 0 Å². The quantitative estimate of drug-likeness (QED) is 0.493. The van der Waals surface area contributed by atoms with Gasteiger partial charge in [-0.15, -0.1) is 0 Å². The Hall–Kier alpha value is -3.03. The molecule has 2 heterocycles. The molecule has 0 N–H and O–H groups in total. The molecule has 0 bridgehead atoms. The number of fused-ring (bicyclic) bond motifs is 2. The average Bonchev–Trinajstić information content (AvgIpc) is 2.94. The predicted molar refractivity (Wildman–Crippen MR) is 107 cm³/mol. The van der Waals surface area contributed by atoms with E-state index in [0.29, 0.717) is 11.1 Å². The second-order valence-corrected chi connectivity index (χ2v) is 7.25. The fourth-order valence-corrected chi connectivity index (χ4v) is 3.65. The van der Waals surface area contributed by atoms with Crippen LogP contribution in [-0.2, 0) is 6.54 Å². The van der Waals surface area contributed by atoms with E-state index in [4.69, 9.17) is 8.83 Å². The Labute approximate surface area is 158 Å². The van der Waals surface area contributed by atoms with Gasteiger partial charge in [-0.25, -0.2) is 4.79 Å². The van der Waals surface area contributed by atoms with Gasteiger partial charge in [0.25, 0.3) is 0 Å². The Morgan fingerprint density at radius 1 is 0.963 bits per heavy atom. The van der Waals surface area contributed by atoms with Crippen molar-refractivity contribution in [2.45, 2.75) is 27.3 Å². The van der Waals surface area contributed by atoms with Crippen LogP contribution >= 0.6 is 0 Å². The van der Waals surface area contributed by atoms with Crippen LogP contribution in [-0.4, -0.2) is 19.0 Å². The lowest BCUT2D eigenvalue weighted by atomic mass is 9.95. The fraction of sp³-hybridized carbons (Fsp3) is 0.261. The summed E-state index contributed by atoms with van der Waals surface area (Å²) in [6.07, 6.45) is 0. The second-order valence-electron chi connectivity index (χ2n) is 7.25. The van der Waals surface area contributed by atoms with Crippen molar-refractivity contribution in [1.29, 1.82) is 0 Å². The van der Waals surface area contributed by atoms with Gasteiger partial charge in [-0.1, -0.05) is 12.1 Å². The molecule has 2 aromatic heterocycles. The van der Waals surface area contributed by atoms with E-state index in [1.807, 2.05) is 33.2 Å². The van der Waals surface area contributed by atoms with Crippen molar-refractivity contribution in [1.82, 2.24) is 4.90 Å². The minimum Gasteiger partial charge on any atom is -0.459 e. The average molecular weight is 359 g/mol. The summed E-state index contributed by atoms with van der Waals surface area (Å²) in [4.78, 5) is 14.6. The third kappa shape index (κ3) is 2.72. The van der Waals surface area contributed by atoms with Crippen LogP contribution in [0.2, 0.25) is 0 Å². The zero-order valence-electron chi connectivity index (χ0n) is 16.2. The highest BCUT2D eigenvalue weighted by atomic mass is 16.4. The van der Waals surface area contributed by atoms with E-state index >= 15 is 0 Å². The molecule has 0 amide bonds. The third-order valence-corrected chi connectivity index (χ3v) is 5.06. The fourth-order valence-electron chi connectivity index (χ4n) is 3.65. The van der Waals surface area contributed by atoms with E-state index in [2.05, 4.69) is 30.0 Å². The van der Waals surface area contributed by atoms with Crippen LogP contribution < -0.4 is 5.63 Å². The molecule has 0 unspecified atom stereocenters. The van der Waals surface area contributed by atoms with Gasteiger partial charge in [-0.2, -0.15) is 0 Å². The van der Waals surface area contributed by atoms with Crippen molar-refractivity contribution in [3.63, 3.8) is 0 Å². The summed E-state index contributed by atoms with van der Waals surface area (Å²) >= 11 is 0. The number of hydrogen-bond donors (Lipinski definition) is 0. The Kier molecular flexibility index (Phi) is 4.05. The van der Waals surface area contributed by atoms with E-state index in [9.17, 15) is 4.79 Å². The number of hydrogen-bond acceptors (Lipinski definition) is 4. The maximum absolute atomic E-state index is 12.5. The van der Waals surface area contributed by atoms with Crippen molar-refractivity contribution in [3.05, 3.63) is 69.3 Å². The Balaban J connectivity index is 2.14. The Bertz CT molecular complexity index is 1210. The van der Waals surface area contributed by atoms with Crippen molar-refractivity contribution in [2.24, 2.45) is 0 Å². The van der Waals surface area contributed by atoms with Crippen molar-refractivity contribution in [3.8, 4) is 11.1 Å². The summed E-state index contributed by atoms with van der Waals surface area (Å²) in [6, 6.07) is 13.6. The van der Waals surface area contributed by atoms with E-state index in [0.717, 1.165) is 50.9 Å². The molecule has 0 aliphatic carbocycles. The van der Waals surface area contributed by atoms with Gasteiger partial charge in [0.2, 0.25) is 0 Å². The molecular weight excluding hydrogens is 338 g/mol. The van der Waals surface area contributed by atoms with Gasteiger partial charge in [0, 0.05) is 27.5 Å². The lowest BCUT2D eigenvalue weighted by Crippen LogP contribution is -2.10. The van der Waals surface area contributed by atoms with Gasteiger partial charge in [0.1, 0.15) is 16.9 Å². The van der Waals surface area contributed by atoms with Gasteiger partial charge in [0.15, 0.2) is 0 Å². The topological polar surface area (TPSA) is 46.6 Å². The summed E-state index contributed by atoms with van der Waals surface area (Å²) in [6.45, 7) is 6.54. The molecular formula is C23H21NO3. The highest BCUT2D eigenvalue weighted by molar-refractivity contribution is 6.05. The minimum atomic E-state index is -0.329. The van der Waals surface area contributed by atoms with Crippen molar-refractivity contribution in [2.75, 3.05) is 14.1 Å². The SMILES string of the molecule is Cc1c(-c2cc#ccc2)c2cc3c(C)c(CN(C)C)oc3c(C)c2oc1=O. The zero-order chi connectivity index (χ0) is 19.3. The van der Waals surface area contributed by atoms with Crippen LogP contribution in [0.5, 0.6) is 0 Å². The van der Waals surface area contributed by atoms with E-state index in [1.165, 1.54) is 0 Å². The maximum Gasteiger partial charge on any atom is 0.339 e. The molecule has 0 radical (unpaired) electrons. The summed E-state index contributed by atoms with van der Waals surface area (Å²) in [5, 5.41) is 1.97. The molecule has 4 heteroatoms. The number of rotatable bonds is 3. The first-order chi connectivity index (χ1) is 12.9. The predicted octanol–water partition coefficient (Wildman–Crippen LogP) is 4.79. The second kappa shape index (κ2) is 6.29. The molecule has 0 atom stereocenters. The monoisotopic (exact) mass is 359 g/mol. The van der Waals surface area contributed by atoms with Crippen LogP contribution in [0.25, 0.3) is 33.1 Å². The molecule has 0 fully saturated rings. The lowest BCUT2D eigenvalue weighted by Gasteiger charge is -2.10. The molecule has 136 valence electrons. The molecule has 4 rings (SSSR count). The van der Waals surface area contributed by atoms with Gasteiger partial charge in [-0.05, 0) is 70.3 Å². The molecule has 4 nitrogen and oxygen atoms in total. The largest absolute Gasteiger partial charge is 0.459 e. The number of furan rings is 1. The molecule has 4 aromatic rings. The lowest BCUT2D eigenvalue weighted by molar-refractivity contribution is 0.356. The van der Waals surface area contributed by atoms with Gasteiger partial charge in [0.05, 0.1) is 6.54 Å². The summed E-state index contributed by atoms with van der Waals surface area (Å²) in [7, 11) is 4.03.